The first kappa shape index (κ1) is 15.0. The standard InChI is InChI=1S/C12H9ClN2O3S2/c1-2-14-11(16)10(20-12(14)19)6-7-3-4-8(13)9(5-7)15(17)18/h3-6H,2H2,1H3/b10-6-. The molecule has 1 amide bonds. The summed E-state index contributed by atoms with van der Waals surface area (Å²) in [6, 6.07) is 4.39. The molecule has 5 nitrogen and oxygen atoms in total. The molecule has 2 rings (SSSR count). The van der Waals surface area contributed by atoms with Crippen molar-refractivity contribution in [2.24, 2.45) is 0 Å². The highest BCUT2D eigenvalue weighted by molar-refractivity contribution is 8.26. The quantitative estimate of drug-likeness (QED) is 0.368. The van der Waals surface area contributed by atoms with Crippen LogP contribution in [-0.4, -0.2) is 26.6 Å². The van der Waals surface area contributed by atoms with Crippen LogP contribution in [0.5, 0.6) is 0 Å². The summed E-state index contributed by atoms with van der Waals surface area (Å²) in [5.74, 6) is -0.180. The molecule has 0 bridgehead atoms. The molecule has 1 aliphatic rings. The van der Waals surface area contributed by atoms with Gasteiger partial charge in [-0.2, -0.15) is 0 Å². The second-order valence-corrected chi connectivity index (χ2v) is 5.98. The number of nitrogens with zero attached hydrogens (tertiary/aromatic N) is 2. The maximum atomic E-state index is 12.0. The monoisotopic (exact) mass is 328 g/mol. The molecule has 0 aliphatic carbocycles. The summed E-state index contributed by atoms with van der Waals surface area (Å²) in [5.41, 5.74) is 0.351. The molecular formula is C12H9ClN2O3S2. The van der Waals surface area contributed by atoms with Gasteiger partial charge >= 0.3 is 0 Å². The number of hydrogen-bond donors (Lipinski definition) is 0. The van der Waals surface area contributed by atoms with Crippen LogP contribution in [0.15, 0.2) is 23.1 Å². The largest absolute Gasteiger partial charge is 0.293 e. The molecule has 0 aromatic heterocycles. The molecule has 8 heteroatoms. The van der Waals surface area contributed by atoms with Crippen LogP contribution in [0.1, 0.15) is 12.5 Å². The fourth-order valence-corrected chi connectivity index (χ4v) is 3.25. The molecule has 0 N–H and O–H groups in total. The van der Waals surface area contributed by atoms with Crippen LogP contribution in [0.3, 0.4) is 0 Å². The molecule has 0 unspecified atom stereocenters. The first-order valence-electron chi connectivity index (χ1n) is 5.63. The molecule has 1 heterocycles. The molecule has 104 valence electrons. The normalized spacial score (nSPS) is 17.1. The fraction of sp³-hybridized carbons (Fsp3) is 0.167. The van der Waals surface area contributed by atoms with E-state index in [4.69, 9.17) is 23.8 Å². The molecule has 0 spiro atoms. The smallest absolute Gasteiger partial charge is 0.288 e. The molecular weight excluding hydrogens is 320 g/mol. The Morgan fingerprint density at radius 1 is 1.55 bits per heavy atom. The molecule has 1 aromatic rings. The Kier molecular flexibility index (Phi) is 4.42. The zero-order valence-corrected chi connectivity index (χ0v) is 12.7. The van der Waals surface area contributed by atoms with Gasteiger partial charge in [0, 0.05) is 12.6 Å². The van der Waals surface area contributed by atoms with Gasteiger partial charge in [-0.05, 0) is 24.6 Å². The van der Waals surface area contributed by atoms with Gasteiger partial charge in [0.15, 0.2) is 0 Å². The SMILES string of the molecule is CCN1C(=O)/C(=C/c2ccc(Cl)c([N+](=O)[O-])c2)SC1=S. The van der Waals surface area contributed by atoms with Gasteiger partial charge in [-0.15, -0.1) is 0 Å². The fourth-order valence-electron chi connectivity index (χ4n) is 1.68. The van der Waals surface area contributed by atoms with Gasteiger partial charge < -0.3 is 0 Å². The predicted molar refractivity (Wildman–Crippen MR) is 83.7 cm³/mol. The zero-order valence-electron chi connectivity index (χ0n) is 10.3. The van der Waals surface area contributed by atoms with Crippen molar-refractivity contribution >= 4 is 57.6 Å². The van der Waals surface area contributed by atoms with Crippen LogP contribution in [0, 0.1) is 10.1 Å². The number of nitro benzene ring substituents is 1. The van der Waals surface area contributed by atoms with E-state index in [-0.39, 0.29) is 16.6 Å². The van der Waals surface area contributed by atoms with Crippen LogP contribution in [-0.2, 0) is 4.79 Å². The third-order valence-electron chi connectivity index (χ3n) is 2.65. The van der Waals surface area contributed by atoms with Crippen molar-refractivity contribution in [2.45, 2.75) is 6.92 Å². The average Bonchev–Trinajstić information content (AvgIpc) is 2.66. The highest BCUT2D eigenvalue weighted by Crippen LogP contribution is 2.33. The van der Waals surface area contributed by atoms with E-state index in [0.717, 1.165) is 0 Å². The number of amides is 1. The molecule has 0 atom stereocenters. The summed E-state index contributed by atoms with van der Waals surface area (Å²) >= 11 is 12.0. The summed E-state index contributed by atoms with van der Waals surface area (Å²) in [6.45, 7) is 2.34. The lowest BCUT2D eigenvalue weighted by Crippen LogP contribution is -2.27. The number of carbonyl (C=O) groups is 1. The Balaban J connectivity index is 2.37. The minimum absolute atomic E-state index is 0.0632. The van der Waals surface area contributed by atoms with Crippen molar-refractivity contribution in [3.05, 3.63) is 43.8 Å². The minimum atomic E-state index is -0.559. The number of rotatable bonds is 3. The Bertz CT molecular complexity index is 646. The minimum Gasteiger partial charge on any atom is -0.293 e. The van der Waals surface area contributed by atoms with Crippen molar-refractivity contribution in [1.29, 1.82) is 0 Å². The summed E-state index contributed by atoms with van der Waals surface area (Å²) in [5, 5.41) is 10.9. The van der Waals surface area contributed by atoms with Crippen molar-refractivity contribution in [3.8, 4) is 0 Å². The third-order valence-corrected chi connectivity index (χ3v) is 4.35. The van der Waals surface area contributed by atoms with Crippen LogP contribution in [0.2, 0.25) is 5.02 Å². The lowest BCUT2D eigenvalue weighted by molar-refractivity contribution is -0.384. The number of thioether (sulfide) groups is 1. The van der Waals surface area contributed by atoms with Gasteiger partial charge in [-0.25, -0.2) is 0 Å². The zero-order chi connectivity index (χ0) is 14.9. The van der Waals surface area contributed by atoms with E-state index < -0.39 is 4.92 Å². The molecule has 20 heavy (non-hydrogen) atoms. The second kappa shape index (κ2) is 5.90. The highest BCUT2D eigenvalue weighted by atomic mass is 35.5. The molecule has 1 fully saturated rings. The van der Waals surface area contributed by atoms with Crippen LogP contribution in [0.4, 0.5) is 5.69 Å². The van der Waals surface area contributed by atoms with Crippen molar-refractivity contribution in [1.82, 2.24) is 4.90 Å². The summed E-state index contributed by atoms with van der Waals surface area (Å²) in [4.78, 5) is 24.2. The maximum absolute atomic E-state index is 12.0. The number of nitro groups is 1. The van der Waals surface area contributed by atoms with Gasteiger partial charge in [0.1, 0.15) is 9.34 Å². The highest BCUT2D eigenvalue weighted by Gasteiger charge is 2.30. The Morgan fingerprint density at radius 2 is 2.25 bits per heavy atom. The Labute approximate surface area is 129 Å². The number of carbonyl (C=O) groups excluding carboxylic acids is 1. The van der Waals surface area contributed by atoms with E-state index in [9.17, 15) is 14.9 Å². The number of thiocarbonyl (C=S) groups is 1. The maximum Gasteiger partial charge on any atom is 0.288 e. The van der Waals surface area contributed by atoms with E-state index in [1.807, 2.05) is 6.92 Å². The van der Waals surface area contributed by atoms with E-state index >= 15 is 0 Å². The van der Waals surface area contributed by atoms with Crippen LogP contribution >= 0.6 is 35.6 Å². The summed E-state index contributed by atoms with van der Waals surface area (Å²) < 4.78 is 0.493. The van der Waals surface area contributed by atoms with Gasteiger partial charge in [0.25, 0.3) is 11.6 Å². The Morgan fingerprint density at radius 3 is 2.80 bits per heavy atom. The number of likely N-dealkylation sites (N-methyl/N-ethyl adjacent to an activating group) is 1. The number of halogens is 1. The molecule has 0 radical (unpaired) electrons. The average molecular weight is 329 g/mol. The first-order valence-corrected chi connectivity index (χ1v) is 7.23. The lowest BCUT2D eigenvalue weighted by Gasteiger charge is -2.09. The Hall–Kier alpha value is -1.44. The van der Waals surface area contributed by atoms with Crippen molar-refractivity contribution in [2.75, 3.05) is 6.54 Å². The van der Waals surface area contributed by atoms with E-state index in [1.54, 1.807) is 12.1 Å². The number of hydrogen-bond acceptors (Lipinski definition) is 5. The summed E-state index contributed by atoms with van der Waals surface area (Å²) in [6.07, 6.45) is 1.58. The number of benzene rings is 1. The van der Waals surface area contributed by atoms with Crippen LogP contribution in [0.25, 0.3) is 6.08 Å². The van der Waals surface area contributed by atoms with Gasteiger partial charge in [0.2, 0.25) is 0 Å². The molecule has 1 aromatic carbocycles. The molecule has 1 saturated heterocycles. The predicted octanol–water partition coefficient (Wildman–Crippen LogP) is 3.47. The van der Waals surface area contributed by atoms with Gasteiger partial charge in [0.05, 0.1) is 9.83 Å². The third kappa shape index (κ3) is 2.84. The van der Waals surface area contributed by atoms with Crippen molar-refractivity contribution in [3.63, 3.8) is 0 Å². The van der Waals surface area contributed by atoms with E-state index in [0.29, 0.717) is 21.3 Å². The van der Waals surface area contributed by atoms with E-state index in [1.165, 1.54) is 28.8 Å². The van der Waals surface area contributed by atoms with Crippen LogP contribution < -0.4 is 0 Å². The van der Waals surface area contributed by atoms with Gasteiger partial charge in [-0.1, -0.05) is 41.6 Å². The van der Waals surface area contributed by atoms with Gasteiger partial charge in [-0.3, -0.25) is 19.8 Å². The first-order chi connectivity index (χ1) is 9.43. The van der Waals surface area contributed by atoms with E-state index in [2.05, 4.69) is 0 Å². The summed E-state index contributed by atoms with van der Waals surface area (Å²) in [7, 11) is 0. The van der Waals surface area contributed by atoms with Crippen molar-refractivity contribution < 1.29 is 9.72 Å². The molecule has 0 saturated carbocycles. The lowest BCUT2D eigenvalue weighted by atomic mass is 10.2. The second-order valence-electron chi connectivity index (χ2n) is 3.89. The topological polar surface area (TPSA) is 63.5 Å². The molecule has 1 aliphatic heterocycles.